The third-order valence-corrected chi connectivity index (χ3v) is 4.25. The number of ether oxygens (including phenoxy) is 1. The van der Waals surface area contributed by atoms with Crippen LogP contribution in [0.4, 0.5) is 4.39 Å². The van der Waals surface area contributed by atoms with Gasteiger partial charge in [-0.25, -0.2) is 9.82 Å². The van der Waals surface area contributed by atoms with Gasteiger partial charge in [-0.05, 0) is 42.0 Å². The van der Waals surface area contributed by atoms with Gasteiger partial charge in [0.05, 0.1) is 6.21 Å². The minimum Gasteiger partial charge on any atom is -0.488 e. The third kappa shape index (κ3) is 4.50. The summed E-state index contributed by atoms with van der Waals surface area (Å²) in [6.07, 6.45) is 1.50. The Kier molecular flexibility index (Phi) is 5.33. The summed E-state index contributed by atoms with van der Waals surface area (Å²) in [6, 6.07) is 22.4. The summed E-state index contributed by atoms with van der Waals surface area (Å²) >= 11 is 0. The average molecular weight is 388 g/mol. The summed E-state index contributed by atoms with van der Waals surface area (Å²) in [5, 5.41) is 4.85. The number of hydrazone groups is 1. The molecule has 0 saturated heterocycles. The lowest BCUT2D eigenvalue weighted by molar-refractivity contribution is 0.0929. The van der Waals surface area contributed by atoms with Crippen molar-refractivity contribution in [1.29, 1.82) is 0 Å². The van der Waals surface area contributed by atoms with Crippen molar-refractivity contribution in [2.45, 2.75) is 6.61 Å². The normalized spacial score (nSPS) is 11.1. The average Bonchev–Trinajstić information content (AvgIpc) is 3.18. The predicted octanol–water partition coefficient (Wildman–Crippen LogP) is 4.91. The Bertz CT molecular complexity index is 1130. The van der Waals surface area contributed by atoms with Crippen molar-refractivity contribution in [1.82, 2.24) is 5.43 Å². The topological polar surface area (TPSA) is 63.8 Å². The molecule has 0 saturated carbocycles. The van der Waals surface area contributed by atoms with Gasteiger partial charge in [-0.15, -0.1) is 0 Å². The van der Waals surface area contributed by atoms with Gasteiger partial charge in [0.25, 0.3) is 0 Å². The number of halogens is 1. The fraction of sp³-hybridized carbons (Fsp3) is 0.0435. The van der Waals surface area contributed by atoms with E-state index < -0.39 is 5.91 Å². The van der Waals surface area contributed by atoms with Crippen LogP contribution in [0.15, 0.2) is 88.4 Å². The van der Waals surface area contributed by atoms with Crippen LogP contribution in [-0.2, 0) is 6.61 Å². The van der Waals surface area contributed by atoms with E-state index in [1.54, 1.807) is 30.3 Å². The predicted molar refractivity (Wildman–Crippen MR) is 108 cm³/mol. The fourth-order valence-electron chi connectivity index (χ4n) is 2.77. The molecule has 4 rings (SSSR count). The molecule has 0 bridgehead atoms. The number of furan rings is 1. The molecule has 0 fully saturated rings. The van der Waals surface area contributed by atoms with Crippen LogP contribution in [0.5, 0.6) is 5.75 Å². The van der Waals surface area contributed by atoms with Gasteiger partial charge in [-0.1, -0.05) is 42.5 Å². The van der Waals surface area contributed by atoms with Gasteiger partial charge in [-0.2, -0.15) is 5.10 Å². The Morgan fingerprint density at radius 3 is 2.62 bits per heavy atom. The first-order chi connectivity index (χ1) is 14.2. The Morgan fingerprint density at radius 1 is 1.03 bits per heavy atom. The number of fused-ring (bicyclic) bond motifs is 1. The molecule has 144 valence electrons. The summed E-state index contributed by atoms with van der Waals surface area (Å²) in [7, 11) is 0. The molecule has 1 heterocycles. The molecule has 0 spiro atoms. The minimum absolute atomic E-state index is 0.184. The quantitative estimate of drug-likeness (QED) is 0.377. The molecule has 0 atom stereocenters. The van der Waals surface area contributed by atoms with E-state index in [1.165, 1.54) is 18.3 Å². The first-order valence-corrected chi connectivity index (χ1v) is 8.97. The highest BCUT2D eigenvalue weighted by Gasteiger charge is 2.11. The maximum Gasteiger partial charge on any atom is 0.307 e. The van der Waals surface area contributed by atoms with Gasteiger partial charge in [0, 0.05) is 10.9 Å². The van der Waals surface area contributed by atoms with Crippen molar-refractivity contribution in [3.05, 3.63) is 102 Å². The van der Waals surface area contributed by atoms with Gasteiger partial charge in [-0.3, -0.25) is 4.79 Å². The van der Waals surface area contributed by atoms with Crippen LogP contribution in [0.1, 0.15) is 21.7 Å². The van der Waals surface area contributed by atoms with E-state index in [2.05, 4.69) is 10.5 Å². The Hall–Kier alpha value is -3.93. The zero-order valence-electron chi connectivity index (χ0n) is 15.3. The second-order valence-electron chi connectivity index (χ2n) is 6.30. The van der Waals surface area contributed by atoms with Crippen LogP contribution >= 0.6 is 0 Å². The van der Waals surface area contributed by atoms with E-state index in [-0.39, 0.29) is 18.2 Å². The van der Waals surface area contributed by atoms with E-state index >= 15 is 0 Å². The molecule has 0 radical (unpaired) electrons. The molecule has 0 aliphatic rings. The molecule has 4 aromatic rings. The number of para-hydroxylation sites is 2. The van der Waals surface area contributed by atoms with E-state index in [1.807, 2.05) is 36.4 Å². The Morgan fingerprint density at radius 2 is 1.79 bits per heavy atom. The number of carbonyl (C=O) groups excluding carboxylic acids is 1. The first-order valence-electron chi connectivity index (χ1n) is 8.97. The number of carbonyl (C=O) groups is 1. The maximum absolute atomic E-state index is 13.0. The van der Waals surface area contributed by atoms with Crippen LogP contribution in [0.2, 0.25) is 0 Å². The van der Waals surface area contributed by atoms with Crippen LogP contribution in [-0.4, -0.2) is 12.1 Å². The molecule has 1 aromatic heterocycles. The SMILES string of the molecule is O=C(N/N=C/c1ccccc1OCc1ccc(F)cc1)c1cc2ccccc2o1. The fourth-order valence-corrected chi connectivity index (χ4v) is 2.77. The lowest BCUT2D eigenvalue weighted by Gasteiger charge is -2.09. The lowest BCUT2D eigenvalue weighted by atomic mass is 10.2. The smallest absolute Gasteiger partial charge is 0.307 e. The van der Waals surface area contributed by atoms with Gasteiger partial charge in [0.2, 0.25) is 0 Å². The van der Waals surface area contributed by atoms with E-state index in [0.717, 1.165) is 10.9 Å². The van der Waals surface area contributed by atoms with Crippen LogP contribution < -0.4 is 10.2 Å². The highest BCUT2D eigenvalue weighted by Crippen LogP contribution is 2.19. The molecular weight excluding hydrogens is 371 g/mol. The molecule has 1 N–H and O–H groups in total. The second-order valence-corrected chi connectivity index (χ2v) is 6.30. The van der Waals surface area contributed by atoms with Gasteiger partial charge in [0.15, 0.2) is 5.76 Å². The summed E-state index contributed by atoms with van der Waals surface area (Å²) < 4.78 is 24.3. The standard InChI is InChI=1S/C23H17FN2O3/c24-19-11-9-16(10-12-19)15-28-20-7-3-2-6-18(20)14-25-26-23(27)22-13-17-5-1-4-8-21(17)29-22/h1-14H,15H2,(H,26,27)/b25-14+. The second kappa shape index (κ2) is 8.39. The number of hydrogen-bond acceptors (Lipinski definition) is 4. The number of hydrogen-bond donors (Lipinski definition) is 1. The summed E-state index contributed by atoms with van der Waals surface area (Å²) in [6.45, 7) is 0.288. The van der Waals surface area contributed by atoms with Crippen molar-refractivity contribution in [2.75, 3.05) is 0 Å². The largest absolute Gasteiger partial charge is 0.488 e. The summed E-state index contributed by atoms with van der Waals surface area (Å²) in [4.78, 5) is 12.2. The van der Waals surface area contributed by atoms with Gasteiger partial charge < -0.3 is 9.15 Å². The van der Waals surface area contributed by atoms with E-state index in [4.69, 9.17) is 9.15 Å². The number of benzene rings is 3. The molecule has 29 heavy (non-hydrogen) atoms. The number of nitrogens with one attached hydrogen (secondary N) is 1. The van der Waals surface area contributed by atoms with Crippen molar-refractivity contribution in [3.8, 4) is 5.75 Å². The molecule has 3 aromatic carbocycles. The van der Waals surface area contributed by atoms with E-state index in [0.29, 0.717) is 16.9 Å². The Labute approximate surface area is 166 Å². The van der Waals surface area contributed by atoms with Crippen LogP contribution in [0.3, 0.4) is 0 Å². The molecule has 1 amide bonds. The highest BCUT2D eigenvalue weighted by molar-refractivity contribution is 5.96. The lowest BCUT2D eigenvalue weighted by Crippen LogP contribution is -2.16. The molecule has 5 nitrogen and oxygen atoms in total. The van der Waals surface area contributed by atoms with Crippen molar-refractivity contribution in [3.63, 3.8) is 0 Å². The molecule has 6 heteroatoms. The maximum atomic E-state index is 13.0. The summed E-state index contributed by atoms with van der Waals surface area (Å²) in [5.41, 5.74) is 4.63. The highest BCUT2D eigenvalue weighted by atomic mass is 19.1. The third-order valence-electron chi connectivity index (χ3n) is 4.25. The zero-order chi connectivity index (χ0) is 20.1. The summed E-state index contributed by atoms with van der Waals surface area (Å²) in [5.74, 6) is 0.0476. The molecule has 0 aliphatic heterocycles. The minimum atomic E-state index is -0.442. The van der Waals surface area contributed by atoms with Crippen molar-refractivity contribution < 1.29 is 18.3 Å². The van der Waals surface area contributed by atoms with Crippen LogP contribution in [0, 0.1) is 5.82 Å². The van der Waals surface area contributed by atoms with Gasteiger partial charge >= 0.3 is 5.91 Å². The first kappa shape index (κ1) is 18.4. The molecular formula is C23H17FN2O3. The van der Waals surface area contributed by atoms with Crippen LogP contribution in [0.25, 0.3) is 11.0 Å². The molecule has 0 aliphatic carbocycles. The molecule has 0 unspecified atom stereocenters. The number of rotatable bonds is 6. The van der Waals surface area contributed by atoms with Gasteiger partial charge in [0.1, 0.15) is 23.8 Å². The monoisotopic (exact) mass is 388 g/mol. The number of amides is 1. The van der Waals surface area contributed by atoms with E-state index in [9.17, 15) is 9.18 Å². The Balaban J connectivity index is 1.41. The number of nitrogens with zero attached hydrogens (tertiary/aromatic N) is 1. The van der Waals surface area contributed by atoms with Crippen molar-refractivity contribution in [2.24, 2.45) is 5.10 Å². The zero-order valence-corrected chi connectivity index (χ0v) is 15.3. The van der Waals surface area contributed by atoms with Crippen molar-refractivity contribution >= 4 is 23.1 Å².